The van der Waals surface area contributed by atoms with Gasteiger partial charge >= 0.3 is 0 Å². The van der Waals surface area contributed by atoms with Gasteiger partial charge in [0.05, 0.1) is 23.7 Å². The lowest BCUT2D eigenvalue weighted by Crippen LogP contribution is -2.37. The third-order valence-electron chi connectivity index (χ3n) is 6.83. The Balaban J connectivity index is 1.32. The Bertz CT molecular complexity index is 1210. The second-order valence-electron chi connectivity index (χ2n) is 8.79. The van der Waals surface area contributed by atoms with E-state index in [0.717, 1.165) is 42.1 Å². The van der Waals surface area contributed by atoms with E-state index in [9.17, 15) is 14.0 Å². The molecule has 6 heteroatoms. The largest absolute Gasteiger partial charge is 0.348 e. The minimum absolute atomic E-state index is 0.0566. The van der Waals surface area contributed by atoms with Crippen molar-refractivity contribution in [2.75, 3.05) is 6.54 Å². The van der Waals surface area contributed by atoms with Crippen LogP contribution in [-0.4, -0.2) is 23.2 Å². The van der Waals surface area contributed by atoms with Gasteiger partial charge in [0, 0.05) is 23.1 Å². The standard InChI is InChI=1S/C27H26FN3O2/c1-17(27(33)31-16-26(32)21-4-2-18(15-29)3-5-21)19-6-8-20(9-7-19)23-12-13-30-25-11-10-22(28)14-24(23)25/h2-5,10-14,17,19-20H,6-9,16H2,1H3,(H,31,33). The number of ketones is 1. The molecular weight excluding hydrogens is 417 g/mol. The molecule has 1 heterocycles. The van der Waals surface area contributed by atoms with Crippen molar-refractivity contribution in [2.45, 2.75) is 38.5 Å². The van der Waals surface area contributed by atoms with Crippen molar-refractivity contribution in [1.82, 2.24) is 10.3 Å². The second kappa shape index (κ2) is 9.91. The van der Waals surface area contributed by atoms with E-state index in [2.05, 4.69) is 10.3 Å². The molecule has 1 fully saturated rings. The molecule has 0 aliphatic heterocycles. The summed E-state index contributed by atoms with van der Waals surface area (Å²) in [6.45, 7) is 1.86. The number of hydrogen-bond acceptors (Lipinski definition) is 4. The van der Waals surface area contributed by atoms with Gasteiger partial charge in [-0.25, -0.2) is 4.39 Å². The highest BCUT2D eigenvalue weighted by Crippen LogP contribution is 2.40. The van der Waals surface area contributed by atoms with Crippen LogP contribution in [0.4, 0.5) is 4.39 Å². The van der Waals surface area contributed by atoms with Gasteiger partial charge in [-0.1, -0.05) is 19.1 Å². The summed E-state index contributed by atoms with van der Waals surface area (Å²) < 4.78 is 13.8. The summed E-state index contributed by atoms with van der Waals surface area (Å²) in [4.78, 5) is 29.4. The smallest absolute Gasteiger partial charge is 0.223 e. The molecule has 1 aliphatic rings. The van der Waals surface area contributed by atoms with Crippen molar-refractivity contribution < 1.29 is 14.0 Å². The normalized spacial score (nSPS) is 18.9. The number of rotatable bonds is 6. The summed E-state index contributed by atoms with van der Waals surface area (Å²) in [6, 6.07) is 15.1. The summed E-state index contributed by atoms with van der Waals surface area (Å²) in [5, 5.41) is 12.5. The molecule has 5 nitrogen and oxygen atoms in total. The first-order valence-electron chi connectivity index (χ1n) is 11.3. The van der Waals surface area contributed by atoms with Crippen molar-refractivity contribution in [3.8, 4) is 6.07 Å². The van der Waals surface area contributed by atoms with Gasteiger partial charge in [-0.15, -0.1) is 0 Å². The number of carbonyl (C=O) groups excluding carboxylic acids is 2. The summed E-state index contributed by atoms with van der Waals surface area (Å²) in [7, 11) is 0. The van der Waals surface area contributed by atoms with Crippen LogP contribution in [0.15, 0.2) is 54.7 Å². The van der Waals surface area contributed by atoms with Gasteiger partial charge in [0.25, 0.3) is 0 Å². The lowest BCUT2D eigenvalue weighted by atomic mass is 9.73. The second-order valence-corrected chi connectivity index (χ2v) is 8.79. The van der Waals surface area contributed by atoms with E-state index in [1.807, 2.05) is 19.1 Å². The average Bonchev–Trinajstić information content (AvgIpc) is 2.86. The Morgan fingerprint density at radius 3 is 2.55 bits per heavy atom. The van der Waals surface area contributed by atoms with E-state index in [0.29, 0.717) is 17.0 Å². The number of aromatic nitrogens is 1. The zero-order valence-corrected chi connectivity index (χ0v) is 18.6. The van der Waals surface area contributed by atoms with Crippen LogP contribution in [0.3, 0.4) is 0 Å². The van der Waals surface area contributed by atoms with E-state index < -0.39 is 0 Å². The molecule has 1 amide bonds. The Morgan fingerprint density at radius 1 is 1.12 bits per heavy atom. The molecule has 1 aliphatic carbocycles. The van der Waals surface area contributed by atoms with Crippen LogP contribution in [0.2, 0.25) is 0 Å². The zero-order chi connectivity index (χ0) is 23.4. The van der Waals surface area contributed by atoms with Gasteiger partial charge in [-0.3, -0.25) is 14.6 Å². The third kappa shape index (κ3) is 5.09. The minimum atomic E-state index is -0.258. The monoisotopic (exact) mass is 443 g/mol. The Hall–Kier alpha value is -3.59. The summed E-state index contributed by atoms with van der Waals surface area (Å²) in [6.07, 6.45) is 5.46. The van der Waals surface area contributed by atoms with Crippen LogP contribution in [0.5, 0.6) is 0 Å². The van der Waals surface area contributed by atoms with Gasteiger partial charge in [0.1, 0.15) is 5.82 Å². The first-order chi connectivity index (χ1) is 16.0. The molecule has 33 heavy (non-hydrogen) atoms. The average molecular weight is 444 g/mol. The van der Waals surface area contributed by atoms with E-state index in [1.54, 1.807) is 42.6 Å². The summed E-state index contributed by atoms with van der Waals surface area (Å²) in [5.74, 6) is -0.173. The molecule has 0 bridgehead atoms. The highest BCUT2D eigenvalue weighted by Gasteiger charge is 2.30. The number of nitrogens with zero attached hydrogens (tertiary/aromatic N) is 2. The summed E-state index contributed by atoms with van der Waals surface area (Å²) in [5.41, 5.74) is 2.90. The number of Topliss-reactive ketones (excluding diaryl/α,β-unsaturated/α-hetero) is 1. The lowest BCUT2D eigenvalue weighted by Gasteiger charge is -2.32. The molecule has 1 saturated carbocycles. The topological polar surface area (TPSA) is 82.9 Å². The van der Waals surface area contributed by atoms with Gasteiger partial charge in [-0.2, -0.15) is 5.26 Å². The molecule has 0 radical (unpaired) electrons. The zero-order valence-electron chi connectivity index (χ0n) is 18.6. The molecule has 1 atom stereocenters. The number of amides is 1. The Labute approximate surface area is 192 Å². The van der Waals surface area contributed by atoms with Crippen molar-refractivity contribution in [1.29, 1.82) is 5.26 Å². The summed E-state index contributed by atoms with van der Waals surface area (Å²) >= 11 is 0. The van der Waals surface area contributed by atoms with Crippen molar-refractivity contribution in [2.24, 2.45) is 11.8 Å². The van der Waals surface area contributed by atoms with Gasteiger partial charge in [-0.05, 0) is 79.5 Å². The number of pyridine rings is 1. The molecule has 0 saturated heterocycles. The molecule has 2 aromatic carbocycles. The molecule has 3 aromatic rings. The lowest BCUT2D eigenvalue weighted by molar-refractivity contribution is -0.126. The number of benzene rings is 2. The van der Waals surface area contributed by atoms with Crippen LogP contribution >= 0.6 is 0 Å². The van der Waals surface area contributed by atoms with Crippen LogP contribution in [-0.2, 0) is 4.79 Å². The quantitative estimate of drug-likeness (QED) is 0.534. The van der Waals surface area contributed by atoms with Crippen LogP contribution in [0.25, 0.3) is 10.9 Å². The predicted molar refractivity (Wildman–Crippen MR) is 124 cm³/mol. The fourth-order valence-corrected chi connectivity index (χ4v) is 4.80. The maximum Gasteiger partial charge on any atom is 0.223 e. The molecule has 1 unspecified atom stereocenters. The van der Waals surface area contributed by atoms with Gasteiger partial charge in [0.2, 0.25) is 5.91 Å². The van der Waals surface area contributed by atoms with Gasteiger partial charge < -0.3 is 5.32 Å². The van der Waals surface area contributed by atoms with E-state index in [-0.39, 0.29) is 35.9 Å². The van der Waals surface area contributed by atoms with Crippen molar-refractivity contribution >= 4 is 22.6 Å². The maximum absolute atomic E-state index is 13.8. The van der Waals surface area contributed by atoms with Crippen LogP contribution in [0, 0.1) is 29.0 Å². The Kier molecular flexibility index (Phi) is 6.79. The van der Waals surface area contributed by atoms with E-state index in [1.165, 1.54) is 6.07 Å². The van der Waals surface area contributed by atoms with Crippen molar-refractivity contribution in [3.05, 3.63) is 77.2 Å². The number of carbonyl (C=O) groups is 2. The number of hydrogen-bond donors (Lipinski definition) is 1. The van der Waals surface area contributed by atoms with Crippen molar-refractivity contribution in [3.63, 3.8) is 0 Å². The molecule has 1 N–H and O–H groups in total. The number of nitrogens with one attached hydrogen (secondary N) is 1. The third-order valence-corrected chi connectivity index (χ3v) is 6.83. The fraction of sp³-hybridized carbons (Fsp3) is 0.333. The number of fused-ring (bicyclic) bond motifs is 1. The number of nitriles is 1. The van der Waals surface area contributed by atoms with E-state index in [4.69, 9.17) is 5.26 Å². The van der Waals surface area contributed by atoms with Crippen LogP contribution < -0.4 is 5.32 Å². The molecule has 4 rings (SSSR count). The van der Waals surface area contributed by atoms with Gasteiger partial charge in [0.15, 0.2) is 5.78 Å². The number of halogens is 1. The van der Waals surface area contributed by atoms with Crippen LogP contribution in [0.1, 0.15) is 60.0 Å². The van der Waals surface area contributed by atoms with E-state index >= 15 is 0 Å². The first-order valence-corrected chi connectivity index (χ1v) is 11.3. The minimum Gasteiger partial charge on any atom is -0.348 e. The molecule has 168 valence electrons. The fourth-order valence-electron chi connectivity index (χ4n) is 4.80. The highest BCUT2D eigenvalue weighted by molar-refractivity contribution is 5.99. The first kappa shape index (κ1) is 22.6. The molecule has 1 aromatic heterocycles. The highest BCUT2D eigenvalue weighted by atomic mass is 19.1. The Morgan fingerprint density at radius 2 is 1.85 bits per heavy atom. The predicted octanol–water partition coefficient (Wildman–Crippen LogP) is 5.15. The SMILES string of the molecule is CC(C(=O)NCC(=O)c1ccc(C#N)cc1)C1CCC(c2ccnc3ccc(F)cc23)CC1. The molecule has 0 spiro atoms. The maximum atomic E-state index is 13.8. The molecular formula is C27H26FN3O2.